The first kappa shape index (κ1) is 7.21. The lowest BCUT2D eigenvalue weighted by atomic mass is 11.8. The Morgan fingerprint density at radius 1 is 1.86 bits per heavy atom. The van der Waals surface area contributed by atoms with E-state index in [9.17, 15) is 4.79 Å². The Morgan fingerprint density at radius 3 is 2.57 bits per heavy atom. The van der Waals surface area contributed by atoms with Gasteiger partial charge < -0.3 is 0 Å². The standard InChI is InChI=1S/C2HNOS3/c3-1-6-2(4)7-5/h5H. The molecule has 0 aromatic carbocycles. The SMILES string of the molecule is N#CSC(=O)SS. The molecule has 38 valence electrons. The summed E-state index contributed by atoms with van der Waals surface area (Å²) in [6.45, 7) is 0. The molecule has 7 heavy (non-hydrogen) atoms. The molecule has 0 unspecified atom stereocenters. The summed E-state index contributed by atoms with van der Waals surface area (Å²) in [5.41, 5.74) is 0. The topological polar surface area (TPSA) is 40.9 Å². The monoisotopic (exact) mass is 151 g/mol. The van der Waals surface area contributed by atoms with Gasteiger partial charge in [0.25, 0.3) is 4.45 Å². The highest BCUT2D eigenvalue weighted by atomic mass is 33.1. The van der Waals surface area contributed by atoms with Gasteiger partial charge in [0.15, 0.2) is 0 Å². The molecule has 0 heterocycles. The lowest BCUT2D eigenvalue weighted by molar-refractivity contribution is 0.277. The highest BCUT2D eigenvalue weighted by Gasteiger charge is 1.95. The van der Waals surface area contributed by atoms with Crippen molar-refractivity contribution in [1.29, 1.82) is 5.26 Å². The Bertz CT molecular complexity index is 106. The van der Waals surface area contributed by atoms with Crippen molar-refractivity contribution in [2.45, 2.75) is 0 Å². The van der Waals surface area contributed by atoms with E-state index < -0.39 is 0 Å². The summed E-state index contributed by atoms with van der Waals surface area (Å²) < 4.78 is -0.286. The highest BCUT2D eigenvalue weighted by Crippen LogP contribution is 2.17. The number of nitriles is 1. The third-order valence-electron chi connectivity index (χ3n) is 0.204. The molecular formula is C2HNOS3. The van der Waals surface area contributed by atoms with Crippen LogP contribution in [0.4, 0.5) is 4.79 Å². The van der Waals surface area contributed by atoms with Crippen LogP contribution in [-0.2, 0) is 0 Å². The van der Waals surface area contributed by atoms with Gasteiger partial charge in [0.05, 0.1) is 0 Å². The quantitative estimate of drug-likeness (QED) is 0.326. The van der Waals surface area contributed by atoms with Crippen LogP contribution in [0.3, 0.4) is 0 Å². The molecule has 0 fully saturated rings. The zero-order valence-electron chi connectivity index (χ0n) is 3.12. The molecule has 0 spiro atoms. The summed E-state index contributed by atoms with van der Waals surface area (Å²) in [5.74, 6) is 0. The smallest absolute Gasteiger partial charge is 0.270 e. The molecule has 0 N–H and O–H groups in total. The molecule has 0 saturated carbocycles. The molecule has 2 nitrogen and oxygen atoms in total. The van der Waals surface area contributed by atoms with E-state index in [1.807, 2.05) is 0 Å². The summed E-state index contributed by atoms with van der Waals surface area (Å²) in [5, 5.41) is 9.43. The number of thiocyanates is 1. The highest BCUT2D eigenvalue weighted by molar-refractivity contribution is 8.79. The van der Waals surface area contributed by atoms with Crippen LogP contribution in [0.5, 0.6) is 0 Å². The number of hydrogen-bond acceptors (Lipinski definition) is 5. The summed E-state index contributed by atoms with van der Waals surface area (Å²) in [7, 11) is 0.745. The predicted molar refractivity (Wildman–Crippen MR) is 35.2 cm³/mol. The third-order valence-corrected chi connectivity index (χ3v) is 1.98. The maximum Gasteiger partial charge on any atom is 0.270 e. The molecule has 0 aliphatic heterocycles. The van der Waals surface area contributed by atoms with E-state index >= 15 is 0 Å². The molecule has 0 aromatic rings. The van der Waals surface area contributed by atoms with Gasteiger partial charge in [-0.3, -0.25) is 4.79 Å². The van der Waals surface area contributed by atoms with E-state index in [-0.39, 0.29) is 4.45 Å². The summed E-state index contributed by atoms with van der Waals surface area (Å²) in [6, 6.07) is 0. The first-order valence-electron chi connectivity index (χ1n) is 1.22. The van der Waals surface area contributed by atoms with Crippen molar-refractivity contribution in [1.82, 2.24) is 0 Å². The van der Waals surface area contributed by atoms with Crippen LogP contribution in [0.15, 0.2) is 0 Å². The number of carbonyl (C=O) groups is 1. The van der Waals surface area contributed by atoms with Crippen LogP contribution in [0.1, 0.15) is 0 Å². The van der Waals surface area contributed by atoms with Gasteiger partial charge in [-0.05, 0) is 10.8 Å². The zero-order chi connectivity index (χ0) is 5.70. The molecule has 5 heteroatoms. The lowest BCUT2D eigenvalue weighted by Crippen LogP contribution is -1.66. The second-order valence-electron chi connectivity index (χ2n) is 0.535. The summed E-state index contributed by atoms with van der Waals surface area (Å²) in [6.07, 6.45) is 0. The Kier molecular flexibility index (Phi) is 4.50. The van der Waals surface area contributed by atoms with Crippen molar-refractivity contribution in [2.75, 3.05) is 0 Å². The van der Waals surface area contributed by atoms with Gasteiger partial charge in [-0.1, -0.05) is 0 Å². The summed E-state index contributed by atoms with van der Waals surface area (Å²) in [4.78, 5) is 10.0. The number of thioether (sulfide) groups is 1. The first-order chi connectivity index (χ1) is 3.31. The van der Waals surface area contributed by atoms with Gasteiger partial charge in [-0.2, -0.15) is 5.26 Å². The second kappa shape index (κ2) is 4.37. The largest absolute Gasteiger partial charge is 0.272 e. The van der Waals surface area contributed by atoms with Gasteiger partial charge in [-0.15, -0.1) is 11.7 Å². The molecule has 0 bridgehead atoms. The van der Waals surface area contributed by atoms with E-state index in [1.54, 1.807) is 5.40 Å². The van der Waals surface area contributed by atoms with E-state index in [0.29, 0.717) is 11.8 Å². The molecule has 0 aliphatic carbocycles. The average molecular weight is 151 g/mol. The Morgan fingerprint density at radius 2 is 2.43 bits per heavy atom. The number of carbonyl (C=O) groups excluding carboxylic acids is 1. The van der Waals surface area contributed by atoms with Crippen molar-refractivity contribution in [3.63, 3.8) is 0 Å². The van der Waals surface area contributed by atoms with Crippen molar-refractivity contribution in [3.05, 3.63) is 0 Å². The second-order valence-corrected chi connectivity index (χ2v) is 2.65. The van der Waals surface area contributed by atoms with Crippen molar-refractivity contribution in [2.24, 2.45) is 0 Å². The van der Waals surface area contributed by atoms with Crippen molar-refractivity contribution >= 4 is 38.7 Å². The molecule has 0 aliphatic rings. The molecular weight excluding hydrogens is 150 g/mol. The van der Waals surface area contributed by atoms with Crippen molar-refractivity contribution < 1.29 is 4.79 Å². The minimum Gasteiger partial charge on any atom is -0.272 e. The van der Waals surface area contributed by atoms with Gasteiger partial charge in [0.2, 0.25) is 0 Å². The minimum absolute atomic E-state index is 0.286. The maximum absolute atomic E-state index is 10.0. The number of rotatable bonds is 0. The Labute approximate surface area is 54.5 Å². The molecule has 0 saturated heterocycles. The third kappa shape index (κ3) is 4.05. The Balaban J connectivity index is 3.23. The van der Waals surface area contributed by atoms with Crippen LogP contribution < -0.4 is 0 Å². The van der Waals surface area contributed by atoms with E-state index in [1.165, 1.54) is 0 Å². The number of nitrogens with zero attached hydrogens (tertiary/aromatic N) is 1. The van der Waals surface area contributed by atoms with Crippen LogP contribution in [0.25, 0.3) is 0 Å². The first-order valence-corrected chi connectivity index (χ1v) is 3.91. The van der Waals surface area contributed by atoms with Crippen LogP contribution in [-0.4, -0.2) is 4.45 Å². The fourth-order valence-electron chi connectivity index (χ4n) is 0.0559. The van der Waals surface area contributed by atoms with Crippen LogP contribution in [0.2, 0.25) is 0 Å². The summed E-state index contributed by atoms with van der Waals surface area (Å²) >= 11 is 4.13. The van der Waals surface area contributed by atoms with Gasteiger partial charge >= 0.3 is 0 Å². The van der Waals surface area contributed by atoms with Crippen molar-refractivity contribution in [3.8, 4) is 5.40 Å². The number of thiol groups is 1. The van der Waals surface area contributed by atoms with E-state index in [2.05, 4.69) is 11.7 Å². The molecule has 0 radical (unpaired) electrons. The number of hydrogen-bond donors (Lipinski definition) is 1. The van der Waals surface area contributed by atoms with Crippen LogP contribution in [0, 0.1) is 10.7 Å². The molecule has 0 atom stereocenters. The van der Waals surface area contributed by atoms with Gasteiger partial charge in [0, 0.05) is 11.8 Å². The van der Waals surface area contributed by atoms with E-state index in [0.717, 1.165) is 10.8 Å². The van der Waals surface area contributed by atoms with Gasteiger partial charge in [-0.25, -0.2) is 0 Å². The molecule has 0 amide bonds. The fraction of sp³-hybridized carbons (Fsp3) is 0. The van der Waals surface area contributed by atoms with Gasteiger partial charge in [0.1, 0.15) is 5.40 Å². The average Bonchev–Trinajstić information content (AvgIpc) is 1.68. The Hall–Kier alpha value is 0.210. The van der Waals surface area contributed by atoms with E-state index in [4.69, 9.17) is 5.26 Å². The molecule has 0 rings (SSSR count). The molecule has 0 aromatic heterocycles. The fourth-order valence-corrected chi connectivity index (χ4v) is 0.727. The zero-order valence-corrected chi connectivity index (χ0v) is 5.65. The van der Waals surface area contributed by atoms with Crippen LogP contribution >= 0.6 is 34.2 Å². The minimum atomic E-state index is -0.286. The normalized spacial score (nSPS) is 7.43. The predicted octanol–water partition coefficient (Wildman–Crippen LogP) is 1.90. The maximum atomic E-state index is 10.0. The lowest BCUT2D eigenvalue weighted by Gasteiger charge is -1.76.